The number of phenols is 1. The fourth-order valence-electron chi connectivity index (χ4n) is 3.26. The van der Waals surface area contributed by atoms with E-state index in [1.54, 1.807) is 45.5 Å². The minimum Gasteiger partial charge on any atom is -0.507 e. The molecule has 2 aromatic rings. The maximum Gasteiger partial charge on any atom is 0.232 e. The zero-order valence-electron chi connectivity index (χ0n) is 17.0. The lowest BCUT2D eigenvalue weighted by Gasteiger charge is -2.23. The van der Waals surface area contributed by atoms with Crippen molar-refractivity contribution in [3.63, 3.8) is 0 Å². The number of Topliss-reactive ketones (excluding diaryl/α,β-unsaturated/α-hetero) is 1. The fourth-order valence-corrected chi connectivity index (χ4v) is 3.26. The van der Waals surface area contributed by atoms with Gasteiger partial charge in [0.1, 0.15) is 11.5 Å². The topological polar surface area (TPSA) is 81.1 Å². The van der Waals surface area contributed by atoms with E-state index in [2.05, 4.69) is 9.88 Å². The van der Waals surface area contributed by atoms with Crippen molar-refractivity contribution < 1.29 is 24.1 Å². The minimum absolute atomic E-state index is 0.105. The molecule has 0 spiro atoms. The quantitative estimate of drug-likeness (QED) is 0.651. The number of aryl methyl sites for hydroxylation is 1. The number of allylic oxidation sites excluding steroid dienone is 1. The number of ether oxygens (including phenoxy) is 3. The lowest BCUT2D eigenvalue weighted by molar-refractivity contribution is 0.101. The van der Waals surface area contributed by atoms with Gasteiger partial charge in [-0.15, -0.1) is 0 Å². The number of carbonyl (C=O) groups excluding carboxylic acids is 1. The summed E-state index contributed by atoms with van der Waals surface area (Å²) < 4.78 is 16.3. The van der Waals surface area contributed by atoms with Gasteiger partial charge in [0, 0.05) is 46.1 Å². The molecule has 7 heteroatoms. The molecular formula is C22H26N2O5. The summed E-state index contributed by atoms with van der Waals surface area (Å²) >= 11 is 0. The number of methoxy groups -OCH3 is 2. The highest BCUT2D eigenvalue weighted by atomic mass is 16.5. The predicted octanol–water partition coefficient (Wildman–Crippen LogP) is 2.81. The van der Waals surface area contributed by atoms with Gasteiger partial charge >= 0.3 is 0 Å². The van der Waals surface area contributed by atoms with Crippen LogP contribution in [0.2, 0.25) is 0 Å². The number of rotatable bonds is 9. The zero-order chi connectivity index (χ0) is 20.8. The second-order valence-corrected chi connectivity index (χ2v) is 6.85. The molecule has 0 fully saturated rings. The van der Waals surface area contributed by atoms with E-state index >= 15 is 0 Å². The van der Waals surface area contributed by atoms with Crippen molar-refractivity contribution in [3.8, 4) is 11.5 Å². The second-order valence-electron chi connectivity index (χ2n) is 6.85. The molecule has 3 rings (SSSR count). The monoisotopic (exact) mass is 398 g/mol. The summed E-state index contributed by atoms with van der Waals surface area (Å²) in [5.41, 5.74) is 2.37. The van der Waals surface area contributed by atoms with Crippen LogP contribution in [0, 0.1) is 6.92 Å². The third-order valence-electron chi connectivity index (χ3n) is 4.79. The first-order chi connectivity index (χ1) is 14.0. The van der Waals surface area contributed by atoms with Gasteiger partial charge in [-0.3, -0.25) is 14.7 Å². The highest BCUT2D eigenvalue weighted by Gasteiger charge is 2.33. The molecule has 1 N–H and O–H groups in total. The van der Waals surface area contributed by atoms with Gasteiger partial charge in [-0.05, 0) is 30.7 Å². The van der Waals surface area contributed by atoms with Crippen LogP contribution in [-0.4, -0.2) is 61.3 Å². The van der Waals surface area contributed by atoms with Crippen molar-refractivity contribution in [1.82, 2.24) is 9.88 Å². The van der Waals surface area contributed by atoms with Crippen LogP contribution in [0.1, 0.15) is 27.2 Å². The molecule has 1 aromatic heterocycles. The lowest BCUT2D eigenvalue weighted by atomic mass is 9.99. The maximum absolute atomic E-state index is 13.0. The molecule has 0 amide bonds. The summed E-state index contributed by atoms with van der Waals surface area (Å²) in [5, 5.41) is 10.6. The van der Waals surface area contributed by atoms with Gasteiger partial charge in [-0.2, -0.15) is 0 Å². The van der Waals surface area contributed by atoms with Crippen LogP contribution in [0.25, 0.3) is 6.08 Å². The highest BCUT2D eigenvalue weighted by Crippen LogP contribution is 2.42. The number of aromatic nitrogens is 1. The van der Waals surface area contributed by atoms with E-state index < -0.39 is 0 Å². The Labute approximate surface area is 170 Å². The van der Waals surface area contributed by atoms with Crippen molar-refractivity contribution in [2.24, 2.45) is 0 Å². The standard InChI is InChI=1S/C22H26N2O5/c1-15-12-18(25)17(14-24(8-10-27-2)9-11-28-3)22-20(15)21(26)19(29-22)13-16-6-4-5-7-23-16/h4-7,12-13,25H,8-11,14H2,1-3H3/b19-13+. The number of carbonyl (C=O) groups is 1. The van der Waals surface area contributed by atoms with E-state index in [0.29, 0.717) is 61.0 Å². The number of hydrogen-bond donors (Lipinski definition) is 1. The Morgan fingerprint density at radius 3 is 2.55 bits per heavy atom. The largest absolute Gasteiger partial charge is 0.507 e. The zero-order valence-corrected chi connectivity index (χ0v) is 17.0. The number of ketones is 1. The summed E-state index contributed by atoms with van der Waals surface area (Å²) in [4.78, 5) is 19.3. The Balaban J connectivity index is 1.94. The summed E-state index contributed by atoms with van der Waals surface area (Å²) in [7, 11) is 3.29. The Kier molecular flexibility index (Phi) is 6.98. The van der Waals surface area contributed by atoms with Gasteiger partial charge in [0.05, 0.1) is 30.0 Å². The van der Waals surface area contributed by atoms with Crippen LogP contribution in [0.15, 0.2) is 36.2 Å². The maximum atomic E-state index is 13.0. The van der Waals surface area contributed by atoms with Crippen LogP contribution in [0.4, 0.5) is 0 Å². The average molecular weight is 398 g/mol. The normalized spacial score (nSPS) is 14.5. The van der Waals surface area contributed by atoms with Gasteiger partial charge in [0.2, 0.25) is 5.78 Å². The van der Waals surface area contributed by atoms with Gasteiger partial charge < -0.3 is 19.3 Å². The Morgan fingerprint density at radius 1 is 1.21 bits per heavy atom. The molecule has 7 nitrogen and oxygen atoms in total. The Morgan fingerprint density at radius 2 is 1.93 bits per heavy atom. The molecule has 29 heavy (non-hydrogen) atoms. The third kappa shape index (κ3) is 4.82. The summed E-state index contributed by atoms with van der Waals surface area (Å²) in [6, 6.07) is 7.07. The van der Waals surface area contributed by atoms with Crippen molar-refractivity contribution >= 4 is 11.9 Å². The third-order valence-corrected chi connectivity index (χ3v) is 4.79. The number of fused-ring (bicyclic) bond motifs is 1. The molecule has 2 heterocycles. The predicted molar refractivity (Wildman–Crippen MR) is 109 cm³/mol. The van der Waals surface area contributed by atoms with Crippen molar-refractivity contribution in [3.05, 3.63) is 58.6 Å². The molecule has 0 atom stereocenters. The first-order valence-corrected chi connectivity index (χ1v) is 9.46. The van der Waals surface area contributed by atoms with E-state index in [-0.39, 0.29) is 17.3 Å². The number of benzene rings is 1. The van der Waals surface area contributed by atoms with Crippen LogP contribution >= 0.6 is 0 Å². The summed E-state index contributed by atoms with van der Waals surface area (Å²) in [6.45, 7) is 4.61. The number of nitrogens with zero attached hydrogens (tertiary/aromatic N) is 2. The first kappa shape index (κ1) is 21.0. The van der Waals surface area contributed by atoms with E-state index in [4.69, 9.17) is 14.2 Å². The van der Waals surface area contributed by atoms with E-state index in [1.165, 1.54) is 0 Å². The van der Waals surface area contributed by atoms with Crippen LogP contribution in [0.5, 0.6) is 11.5 Å². The molecule has 1 aliphatic rings. The van der Waals surface area contributed by atoms with Crippen molar-refractivity contribution in [1.29, 1.82) is 0 Å². The average Bonchev–Trinajstić information content (AvgIpc) is 3.04. The van der Waals surface area contributed by atoms with Crippen molar-refractivity contribution in [2.75, 3.05) is 40.5 Å². The highest BCUT2D eigenvalue weighted by molar-refractivity contribution is 6.15. The van der Waals surface area contributed by atoms with Gasteiger partial charge in [-0.25, -0.2) is 0 Å². The van der Waals surface area contributed by atoms with E-state index in [9.17, 15) is 9.90 Å². The van der Waals surface area contributed by atoms with Gasteiger partial charge in [0.15, 0.2) is 5.76 Å². The molecule has 0 saturated heterocycles. The molecule has 154 valence electrons. The number of hydrogen-bond acceptors (Lipinski definition) is 7. The molecule has 0 bridgehead atoms. The molecule has 1 aromatic carbocycles. The first-order valence-electron chi connectivity index (χ1n) is 9.46. The molecule has 0 unspecified atom stereocenters. The number of phenolic OH excluding ortho intramolecular Hbond substituents is 1. The van der Waals surface area contributed by atoms with E-state index in [0.717, 1.165) is 0 Å². The molecule has 0 radical (unpaired) electrons. The second kappa shape index (κ2) is 9.65. The van der Waals surface area contributed by atoms with Gasteiger partial charge in [-0.1, -0.05) is 6.07 Å². The van der Waals surface area contributed by atoms with Crippen molar-refractivity contribution in [2.45, 2.75) is 13.5 Å². The SMILES string of the molecule is COCCN(CCOC)Cc1c(O)cc(C)c2c1O/C(=C/c1ccccn1)C2=O. The minimum atomic E-state index is -0.204. The fraction of sp³-hybridized carbons (Fsp3) is 0.364. The molecule has 0 saturated carbocycles. The lowest BCUT2D eigenvalue weighted by Crippen LogP contribution is -2.30. The molecular weight excluding hydrogens is 372 g/mol. The van der Waals surface area contributed by atoms with Crippen LogP contribution < -0.4 is 4.74 Å². The Bertz CT molecular complexity index is 888. The summed E-state index contributed by atoms with van der Waals surface area (Å²) in [6.07, 6.45) is 3.28. The summed E-state index contributed by atoms with van der Waals surface area (Å²) in [5.74, 6) is 0.515. The van der Waals surface area contributed by atoms with Crippen LogP contribution in [-0.2, 0) is 16.0 Å². The van der Waals surface area contributed by atoms with Crippen LogP contribution in [0.3, 0.4) is 0 Å². The van der Waals surface area contributed by atoms with E-state index in [1.807, 2.05) is 12.1 Å². The smallest absolute Gasteiger partial charge is 0.232 e. The molecule has 0 aliphatic carbocycles. The Hall–Kier alpha value is -2.74. The molecule has 1 aliphatic heterocycles. The van der Waals surface area contributed by atoms with Gasteiger partial charge in [0.25, 0.3) is 0 Å². The number of aromatic hydroxyl groups is 1. The number of pyridine rings is 1.